The lowest BCUT2D eigenvalue weighted by Gasteiger charge is -2.25. The smallest absolute Gasteiger partial charge is 0.320 e. The van der Waals surface area contributed by atoms with Gasteiger partial charge in [-0.25, -0.2) is 0 Å². The van der Waals surface area contributed by atoms with E-state index in [2.05, 4.69) is 10.6 Å². The highest BCUT2D eigenvalue weighted by atomic mass is 16.6. The Morgan fingerprint density at radius 3 is 1.26 bits per heavy atom. The lowest BCUT2D eigenvalue weighted by atomic mass is 10.2. The van der Waals surface area contributed by atoms with Crippen LogP contribution in [0.25, 0.3) is 0 Å². The molecule has 0 aromatic rings. The minimum Gasteiger partial charge on any atom is -0.459 e. The van der Waals surface area contributed by atoms with Gasteiger partial charge in [0.2, 0.25) is 0 Å². The quantitative estimate of drug-likeness (QED) is 0.262. The van der Waals surface area contributed by atoms with Gasteiger partial charge in [-0.1, -0.05) is 0 Å². The largest absolute Gasteiger partial charge is 0.459 e. The van der Waals surface area contributed by atoms with E-state index in [-0.39, 0.29) is 37.5 Å². The highest BCUT2D eigenvalue weighted by molar-refractivity contribution is 5.73. The lowest BCUT2D eigenvalue weighted by molar-refractivity contribution is -0.157. The van der Waals surface area contributed by atoms with Gasteiger partial charge in [-0.05, 0) is 62.3 Å². The number of nitrogens with zero attached hydrogens (tertiary/aromatic N) is 1. The van der Waals surface area contributed by atoms with E-state index in [0.717, 1.165) is 0 Å². The van der Waals surface area contributed by atoms with Gasteiger partial charge in [-0.15, -0.1) is 0 Å². The standard InChI is InChI=1S/C22H43N3O6/c1-20(2,3)29-17(26)14-23-10-12-25(16-19(28)31-22(7,8)9)13-11-24-15-18(27)30-21(4,5)6/h23-24H,10-16H2,1-9H3. The predicted octanol–water partition coefficient (Wildman–Crippen LogP) is 1.49. The van der Waals surface area contributed by atoms with Crippen molar-refractivity contribution in [2.75, 3.05) is 45.8 Å². The second-order valence-corrected chi connectivity index (χ2v) is 10.4. The summed E-state index contributed by atoms with van der Waals surface area (Å²) < 4.78 is 15.9. The van der Waals surface area contributed by atoms with Crippen molar-refractivity contribution in [3.63, 3.8) is 0 Å². The van der Waals surface area contributed by atoms with Gasteiger partial charge in [0.1, 0.15) is 16.8 Å². The van der Waals surface area contributed by atoms with Crippen LogP contribution in [0.2, 0.25) is 0 Å². The zero-order valence-corrected chi connectivity index (χ0v) is 20.8. The Morgan fingerprint density at radius 1 is 0.613 bits per heavy atom. The van der Waals surface area contributed by atoms with Crippen molar-refractivity contribution in [2.45, 2.75) is 79.1 Å². The van der Waals surface area contributed by atoms with Crippen molar-refractivity contribution in [1.82, 2.24) is 15.5 Å². The van der Waals surface area contributed by atoms with Crippen LogP contribution in [0.4, 0.5) is 0 Å². The number of esters is 3. The Hall–Kier alpha value is -1.71. The molecule has 0 aliphatic rings. The summed E-state index contributed by atoms with van der Waals surface area (Å²) in [6.45, 7) is 18.7. The topological polar surface area (TPSA) is 106 Å². The van der Waals surface area contributed by atoms with Crippen LogP contribution >= 0.6 is 0 Å². The second-order valence-electron chi connectivity index (χ2n) is 10.4. The number of rotatable bonds is 12. The number of nitrogens with one attached hydrogen (secondary N) is 2. The van der Waals surface area contributed by atoms with E-state index >= 15 is 0 Å². The minimum absolute atomic E-state index is 0.0917. The fraction of sp³-hybridized carbons (Fsp3) is 0.864. The third kappa shape index (κ3) is 20.0. The monoisotopic (exact) mass is 445 g/mol. The molecule has 0 radical (unpaired) electrons. The summed E-state index contributed by atoms with van der Waals surface area (Å²) in [7, 11) is 0. The van der Waals surface area contributed by atoms with Crippen molar-refractivity contribution in [2.24, 2.45) is 0 Å². The first-order valence-electron chi connectivity index (χ1n) is 10.8. The first kappa shape index (κ1) is 29.3. The van der Waals surface area contributed by atoms with Gasteiger partial charge < -0.3 is 24.8 Å². The minimum atomic E-state index is -0.563. The van der Waals surface area contributed by atoms with Crippen molar-refractivity contribution in [3.8, 4) is 0 Å². The molecule has 0 unspecified atom stereocenters. The van der Waals surface area contributed by atoms with Crippen LogP contribution < -0.4 is 10.6 Å². The molecular weight excluding hydrogens is 402 g/mol. The van der Waals surface area contributed by atoms with Gasteiger partial charge in [0.25, 0.3) is 0 Å². The molecule has 0 aromatic heterocycles. The Bertz CT molecular complexity index is 537. The molecule has 0 atom stereocenters. The van der Waals surface area contributed by atoms with E-state index in [1.165, 1.54) is 0 Å². The fourth-order valence-corrected chi connectivity index (χ4v) is 2.44. The zero-order chi connectivity index (χ0) is 24.3. The maximum atomic E-state index is 12.2. The van der Waals surface area contributed by atoms with E-state index in [9.17, 15) is 14.4 Å². The van der Waals surface area contributed by atoms with Crippen LogP contribution in [0.3, 0.4) is 0 Å². The summed E-state index contributed by atoms with van der Waals surface area (Å²) in [6.07, 6.45) is 0. The molecular formula is C22H43N3O6. The molecule has 0 aromatic carbocycles. The molecule has 0 rings (SSSR count). The Kier molecular flexibility index (Phi) is 12.3. The molecule has 0 amide bonds. The number of hydrogen-bond acceptors (Lipinski definition) is 9. The summed E-state index contributed by atoms with van der Waals surface area (Å²) in [5, 5.41) is 6.06. The van der Waals surface area contributed by atoms with Crippen molar-refractivity contribution >= 4 is 17.9 Å². The second kappa shape index (κ2) is 13.0. The van der Waals surface area contributed by atoms with Crippen LogP contribution in [0.15, 0.2) is 0 Å². The molecule has 0 aliphatic carbocycles. The van der Waals surface area contributed by atoms with E-state index in [1.54, 1.807) is 0 Å². The first-order chi connectivity index (χ1) is 14.0. The van der Waals surface area contributed by atoms with Gasteiger partial charge in [-0.3, -0.25) is 19.3 Å². The Morgan fingerprint density at radius 2 is 0.935 bits per heavy atom. The fourth-order valence-electron chi connectivity index (χ4n) is 2.44. The van der Waals surface area contributed by atoms with Crippen LogP contribution in [0.1, 0.15) is 62.3 Å². The van der Waals surface area contributed by atoms with Crippen LogP contribution in [-0.2, 0) is 28.6 Å². The van der Waals surface area contributed by atoms with Gasteiger partial charge in [-0.2, -0.15) is 0 Å². The van der Waals surface area contributed by atoms with Crippen LogP contribution in [0.5, 0.6) is 0 Å². The zero-order valence-electron chi connectivity index (χ0n) is 20.8. The lowest BCUT2D eigenvalue weighted by Crippen LogP contribution is -2.43. The summed E-state index contributed by atoms with van der Waals surface area (Å²) in [5.41, 5.74) is -1.62. The number of carbonyl (C=O) groups excluding carboxylic acids is 3. The van der Waals surface area contributed by atoms with Gasteiger partial charge in [0.05, 0.1) is 19.6 Å². The van der Waals surface area contributed by atoms with Crippen molar-refractivity contribution in [3.05, 3.63) is 0 Å². The molecule has 0 bridgehead atoms. The summed E-state index contributed by atoms with van der Waals surface area (Å²) in [4.78, 5) is 37.7. The van der Waals surface area contributed by atoms with E-state index in [1.807, 2.05) is 67.2 Å². The summed E-state index contributed by atoms with van der Waals surface area (Å²) in [6, 6.07) is 0. The average Bonchev–Trinajstić information content (AvgIpc) is 2.50. The SMILES string of the molecule is CC(C)(C)OC(=O)CNCCN(CCNCC(=O)OC(C)(C)C)CC(=O)OC(C)(C)C. The molecule has 0 fully saturated rings. The third-order valence-electron chi connectivity index (χ3n) is 3.36. The molecule has 9 nitrogen and oxygen atoms in total. The molecule has 0 aliphatic heterocycles. The van der Waals surface area contributed by atoms with E-state index in [0.29, 0.717) is 26.2 Å². The van der Waals surface area contributed by atoms with Gasteiger partial charge in [0, 0.05) is 26.2 Å². The predicted molar refractivity (Wildman–Crippen MR) is 120 cm³/mol. The normalized spacial score (nSPS) is 12.6. The first-order valence-corrected chi connectivity index (χ1v) is 10.8. The molecule has 182 valence electrons. The summed E-state index contributed by atoms with van der Waals surface area (Å²) in [5.74, 6) is -0.984. The highest BCUT2D eigenvalue weighted by Gasteiger charge is 2.20. The highest BCUT2D eigenvalue weighted by Crippen LogP contribution is 2.08. The van der Waals surface area contributed by atoms with Gasteiger partial charge in [0.15, 0.2) is 0 Å². The van der Waals surface area contributed by atoms with Crippen molar-refractivity contribution < 1.29 is 28.6 Å². The number of ether oxygens (including phenoxy) is 3. The summed E-state index contributed by atoms with van der Waals surface area (Å²) >= 11 is 0. The maximum absolute atomic E-state index is 12.2. The van der Waals surface area contributed by atoms with Crippen LogP contribution in [-0.4, -0.2) is 85.4 Å². The molecule has 2 N–H and O–H groups in total. The molecule has 0 saturated carbocycles. The molecule has 0 saturated heterocycles. The van der Waals surface area contributed by atoms with Gasteiger partial charge >= 0.3 is 17.9 Å². The molecule has 31 heavy (non-hydrogen) atoms. The number of carbonyl (C=O) groups is 3. The Balaban J connectivity index is 4.50. The van der Waals surface area contributed by atoms with Crippen LogP contribution in [0, 0.1) is 0 Å². The van der Waals surface area contributed by atoms with E-state index in [4.69, 9.17) is 14.2 Å². The van der Waals surface area contributed by atoms with E-state index < -0.39 is 16.8 Å². The maximum Gasteiger partial charge on any atom is 0.320 e. The van der Waals surface area contributed by atoms with Crippen molar-refractivity contribution in [1.29, 1.82) is 0 Å². The Labute approximate surface area is 187 Å². The average molecular weight is 446 g/mol. The number of hydrogen-bond donors (Lipinski definition) is 2. The molecule has 0 heterocycles. The molecule has 9 heteroatoms. The molecule has 0 spiro atoms. The third-order valence-corrected chi connectivity index (χ3v) is 3.36.